The molecule has 1 unspecified atom stereocenters. The molecule has 0 radical (unpaired) electrons. The third-order valence-corrected chi connectivity index (χ3v) is 4.31. The third kappa shape index (κ3) is 2.76. The Bertz CT molecular complexity index is 716. The van der Waals surface area contributed by atoms with Gasteiger partial charge in [-0.1, -0.05) is 18.2 Å². The van der Waals surface area contributed by atoms with Crippen molar-refractivity contribution >= 4 is 16.7 Å². The van der Waals surface area contributed by atoms with Crippen LogP contribution in [0.15, 0.2) is 24.3 Å². The zero-order chi connectivity index (χ0) is 15.5. The number of nitriles is 1. The summed E-state index contributed by atoms with van der Waals surface area (Å²) in [5.41, 5.74) is 8.35. The van der Waals surface area contributed by atoms with Gasteiger partial charge in [0.2, 0.25) is 0 Å². The second kappa shape index (κ2) is 6.30. The summed E-state index contributed by atoms with van der Waals surface area (Å²) in [7, 11) is 0. The van der Waals surface area contributed by atoms with Crippen LogP contribution in [0.1, 0.15) is 18.1 Å². The zero-order valence-electron chi connectivity index (χ0n) is 12.7. The van der Waals surface area contributed by atoms with Gasteiger partial charge in [-0.3, -0.25) is 4.90 Å². The van der Waals surface area contributed by atoms with Crippen molar-refractivity contribution in [3.05, 3.63) is 35.4 Å². The van der Waals surface area contributed by atoms with Crippen LogP contribution in [-0.2, 0) is 11.2 Å². The van der Waals surface area contributed by atoms with E-state index in [9.17, 15) is 5.26 Å². The molecule has 0 saturated carbocycles. The van der Waals surface area contributed by atoms with E-state index >= 15 is 0 Å². The first-order valence-electron chi connectivity index (χ1n) is 7.59. The molecule has 5 nitrogen and oxygen atoms in total. The lowest BCUT2D eigenvalue weighted by Crippen LogP contribution is -2.43. The van der Waals surface area contributed by atoms with Crippen LogP contribution in [0.3, 0.4) is 0 Å². The number of nitrogens with zero attached hydrogens (tertiary/aromatic N) is 3. The second-order valence-electron chi connectivity index (χ2n) is 5.68. The van der Waals surface area contributed by atoms with Crippen LogP contribution < -0.4 is 5.73 Å². The van der Waals surface area contributed by atoms with E-state index in [0.29, 0.717) is 17.4 Å². The van der Waals surface area contributed by atoms with Crippen molar-refractivity contribution < 1.29 is 4.74 Å². The first kappa shape index (κ1) is 14.8. The number of anilines is 1. The standard InChI is InChI=1S/C17H20N4O/c1-12(21-6-8-22-9-7-21)10-14-13-4-2-3-5-16(13)20-17(19)15(14)11-18/h2-5,12H,6-10H2,1H3,(H2,19,20). The smallest absolute Gasteiger partial charge is 0.142 e. The summed E-state index contributed by atoms with van der Waals surface area (Å²) in [4.78, 5) is 6.75. The number of para-hydroxylation sites is 1. The quantitative estimate of drug-likeness (QED) is 0.937. The molecule has 2 heterocycles. The number of benzene rings is 1. The number of ether oxygens (including phenoxy) is 1. The molecular formula is C17H20N4O. The van der Waals surface area contributed by atoms with E-state index in [1.165, 1.54) is 0 Å². The number of aromatic nitrogens is 1. The van der Waals surface area contributed by atoms with Crippen LogP contribution in [0.5, 0.6) is 0 Å². The summed E-state index contributed by atoms with van der Waals surface area (Å²) >= 11 is 0. The van der Waals surface area contributed by atoms with Gasteiger partial charge in [0.05, 0.1) is 24.3 Å². The van der Waals surface area contributed by atoms with E-state index in [0.717, 1.165) is 49.2 Å². The lowest BCUT2D eigenvalue weighted by molar-refractivity contribution is 0.0204. The Hall–Kier alpha value is -2.16. The minimum absolute atomic E-state index is 0.324. The fraction of sp³-hybridized carbons (Fsp3) is 0.412. The van der Waals surface area contributed by atoms with E-state index < -0.39 is 0 Å². The predicted octanol–water partition coefficient (Wildman–Crippen LogP) is 1.95. The molecule has 5 heteroatoms. The van der Waals surface area contributed by atoms with Gasteiger partial charge < -0.3 is 10.5 Å². The van der Waals surface area contributed by atoms with Crippen molar-refractivity contribution in [1.29, 1.82) is 5.26 Å². The van der Waals surface area contributed by atoms with Crippen LogP contribution in [0.4, 0.5) is 5.82 Å². The first-order chi connectivity index (χ1) is 10.7. The minimum Gasteiger partial charge on any atom is -0.383 e. The van der Waals surface area contributed by atoms with Gasteiger partial charge in [-0.25, -0.2) is 4.98 Å². The first-order valence-corrected chi connectivity index (χ1v) is 7.59. The van der Waals surface area contributed by atoms with Gasteiger partial charge in [0.25, 0.3) is 0 Å². The van der Waals surface area contributed by atoms with Crippen LogP contribution in [0.2, 0.25) is 0 Å². The highest BCUT2D eigenvalue weighted by Gasteiger charge is 2.21. The van der Waals surface area contributed by atoms with Crippen LogP contribution in [0, 0.1) is 11.3 Å². The number of morpholine rings is 1. The normalized spacial score (nSPS) is 17.3. The number of nitrogens with two attached hydrogens (primary N) is 1. The molecule has 0 amide bonds. The second-order valence-corrected chi connectivity index (χ2v) is 5.68. The van der Waals surface area contributed by atoms with Crippen molar-refractivity contribution in [3.8, 4) is 6.07 Å². The molecule has 1 saturated heterocycles. The van der Waals surface area contributed by atoms with Gasteiger partial charge in [-0.15, -0.1) is 0 Å². The Morgan fingerprint density at radius 2 is 2.09 bits per heavy atom. The van der Waals surface area contributed by atoms with E-state index in [4.69, 9.17) is 10.5 Å². The Morgan fingerprint density at radius 3 is 2.82 bits per heavy atom. The molecule has 22 heavy (non-hydrogen) atoms. The average molecular weight is 296 g/mol. The number of hydrogen-bond acceptors (Lipinski definition) is 5. The highest BCUT2D eigenvalue weighted by atomic mass is 16.5. The average Bonchev–Trinajstić information content (AvgIpc) is 2.55. The zero-order valence-corrected chi connectivity index (χ0v) is 12.7. The lowest BCUT2D eigenvalue weighted by atomic mass is 9.96. The summed E-state index contributed by atoms with van der Waals surface area (Å²) in [5, 5.41) is 10.5. The van der Waals surface area contributed by atoms with Crippen molar-refractivity contribution in [1.82, 2.24) is 9.88 Å². The van der Waals surface area contributed by atoms with E-state index in [1.807, 2.05) is 24.3 Å². The summed E-state index contributed by atoms with van der Waals surface area (Å²) in [6, 6.07) is 10.4. The summed E-state index contributed by atoms with van der Waals surface area (Å²) < 4.78 is 5.41. The van der Waals surface area contributed by atoms with Crippen molar-refractivity contribution in [2.75, 3.05) is 32.0 Å². The molecule has 1 aromatic heterocycles. The van der Waals surface area contributed by atoms with E-state index in [1.54, 1.807) is 0 Å². The number of nitrogen functional groups attached to an aromatic ring is 1. The Kier molecular flexibility index (Phi) is 4.23. The van der Waals surface area contributed by atoms with Gasteiger partial charge in [0, 0.05) is 24.5 Å². The van der Waals surface area contributed by atoms with Gasteiger partial charge in [0.15, 0.2) is 0 Å². The molecule has 0 bridgehead atoms. The molecule has 0 spiro atoms. The van der Waals surface area contributed by atoms with Gasteiger partial charge in [0.1, 0.15) is 11.9 Å². The SMILES string of the molecule is CC(Cc1c(C#N)c(N)nc2ccccc12)N1CCOCC1. The Morgan fingerprint density at radius 1 is 1.36 bits per heavy atom. The molecule has 1 aliphatic rings. The third-order valence-electron chi connectivity index (χ3n) is 4.31. The maximum Gasteiger partial charge on any atom is 0.142 e. The summed E-state index contributed by atoms with van der Waals surface area (Å²) in [6.07, 6.45) is 0.788. The monoisotopic (exact) mass is 296 g/mol. The molecule has 1 aliphatic heterocycles. The highest BCUT2D eigenvalue weighted by Crippen LogP contribution is 2.26. The number of rotatable bonds is 3. The van der Waals surface area contributed by atoms with Crippen LogP contribution in [0.25, 0.3) is 10.9 Å². The Balaban J connectivity index is 1.99. The maximum atomic E-state index is 9.48. The van der Waals surface area contributed by atoms with Gasteiger partial charge in [-0.2, -0.15) is 5.26 Å². The molecule has 1 aromatic carbocycles. The topological polar surface area (TPSA) is 75.2 Å². The largest absolute Gasteiger partial charge is 0.383 e. The molecule has 0 aliphatic carbocycles. The summed E-state index contributed by atoms with van der Waals surface area (Å²) in [5.74, 6) is 0.324. The highest BCUT2D eigenvalue weighted by molar-refractivity contribution is 5.86. The van der Waals surface area contributed by atoms with Crippen LogP contribution in [-0.4, -0.2) is 42.2 Å². The molecule has 2 aromatic rings. The fourth-order valence-corrected chi connectivity index (χ4v) is 3.08. The molecule has 1 atom stereocenters. The van der Waals surface area contributed by atoms with E-state index in [2.05, 4.69) is 22.9 Å². The number of hydrogen-bond donors (Lipinski definition) is 1. The van der Waals surface area contributed by atoms with Crippen molar-refractivity contribution in [2.24, 2.45) is 0 Å². The molecule has 1 fully saturated rings. The summed E-state index contributed by atoms with van der Waals surface area (Å²) in [6.45, 7) is 5.60. The van der Waals surface area contributed by atoms with Gasteiger partial charge >= 0.3 is 0 Å². The molecule has 2 N–H and O–H groups in total. The minimum atomic E-state index is 0.324. The van der Waals surface area contributed by atoms with E-state index in [-0.39, 0.29) is 0 Å². The maximum absolute atomic E-state index is 9.48. The van der Waals surface area contributed by atoms with Gasteiger partial charge in [-0.05, 0) is 25.0 Å². The number of fused-ring (bicyclic) bond motifs is 1. The lowest BCUT2D eigenvalue weighted by Gasteiger charge is -2.32. The predicted molar refractivity (Wildman–Crippen MR) is 86.4 cm³/mol. The van der Waals surface area contributed by atoms with Crippen molar-refractivity contribution in [2.45, 2.75) is 19.4 Å². The molecular weight excluding hydrogens is 276 g/mol. The fourth-order valence-electron chi connectivity index (χ4n) is 3.08. The molecule has 3 rings (SSSR count). The van der Waals surface area contributed by atoms with Crippen molar-refractivity contribution in [3.63, 3.8) is 0 Å². The number of pyridine rings is 1. The Labute approximate surface area is 130 Å². The molecule has 114 valence electrons. The van der Waals surface area contributed by atoms with Crippen LogP contribution >= 0.6 is 0 Å².